The Balaban J connectivity index is 1.41. The van der Waals surface area contributed by atoms with E-state index >= 15 is 0 Å². The van der Waals surface area contributed by atoms with E-state index in [9.17, 15) is 0 Å². The van der Waals surface area contributed by atoms with Crippen molar-refractivity contribution in [2.24, 2.45) is 5.92 Å². The Hall–Kier alpha value is -1.91. The summed E-state index contributed by atoms with van der Waals surface area (Å²) < 4.78 is 11.2. The summed E-state index contributed by atoms with van der Waals surface area (Å²) >= 11 is 0. The molecule has 4 heteroatoms. The molecule has 1 saturated heterocycles. The molecular weight excluding hydrogens is 276 g/mol. The molecule has 2 aromatic rings. The number of hydrogen-bond acceptors (Lipinski definition) is 4. The Morgan fingerprint density at radius 2 is 2.00 bits per heavy atom. The van der Waals surface area contributed by atoms with Crippen LogP contribution < -0.4 is 10.1 Å². The average molecular weight is 298 g/mol. The largest absolute Gasteiger partial charge is 0.493 e. The number of pyridine rings is 1. The zero-order valence-corrected chi connectivity index (χ0v) is 12.7. The van der Waals surface area contributed by atoms with Gasteiger partial charge in [0.1, 0.15) is 5.75 Å². The molecular formula is C18H22N2O2. The van der Waals surface area contributed by atoms with Crippen molar-refractivity contribution >= 4 is 0 Å². The molecule has 22 heavy (non-hydrogen) atoms. The summed E-state index contributed by atoms with van der Waals surface area (Å²) in [6.45, 7) is 4.12. The van der Waals surface area contributed by atoms with E-state index in [2.05, 4.69) is 28.5 Å². The summed E-state index contributed by atoms with van der Waals surface area (Å²) in [5, 5.41) is 3.42. The molecule has 116 valence electrons. The fourth-order valence-electron chi connectivity index (χ4n) is 2.49. The Morgan fingerprint density at radius 3 is 2.73 bits per heavy atom. The van der Waals surface area contributed by atoms with Crippen LogP contribution in [-0.4, -0.2) is 24.8 Å². The number of benzene rings is 1. The first kappa shape index (κ1) is 15.0. The molecule has 0 amide bonds. The lowest BCUT2D eigenvalue weighted by molar-refractivity contribution is 0.167. The van der Waals surface area contributed by atoms with Gasteiger partial charge in [0.25, 0.3) is 0 Å². The van der Waals surface area contributed by atoms with Gasteiger partial charge in [-0.3, -0.25) is 4.98 Å². The van der Waals surface area contributed by atoms with Gasteiger partial charge in [0, 0.05) is 38.0 Å². The first-order chi connectivity index (χ1) is 10.9. The fourth-order valence-corrected chi connectivity index (χ4v) is 2.49. The van der Waals surface area contributed by atoms with E-state index in [1.54, 1.807) is 6.20 Å². The number of aromatic nitrogens is 1. The molecule has 1 aliphatic heterocycles. The van der Waals surface area contributed by atoms with Crippen LogP contribution in [0.25, 0.3) is 0 Å². The quantitative estimate of drug-likeness (QED) is 0.853. The van der Waals surface area contributed by atoms with E-state index in [-0.39, 0.29) is 0 Å². The third-order valence-electron chi connectivity index (χ3n) is 3.81. The molecule has 1 unspecified atom stereocenters. The molecule has 0 saturated carbocycles. The standard InChI is InChI=1S/C18H22N2O2/c1-2-16(11-19-8-1)12-20-10-15-3-5-18(6-4-15)22-14-17-7-9-21-13-17/h1-6,8,11,17,20H,7,9-10,12-14H2. The van der Waals surface area contributed by atoms with Crippen LogP contribution in [0.2, 0.25) is 0 Å². The Bertz CT molecular complexity index is 551. The highest BCUT2D eigenvalue weighted by Gasteiger charge is 2.15. The van der Waals surface area contributed by atoms with E-state index in [1.807, 2.05) is 24.4 Å². The topological polar surface area (TPSA) is 43.4 Å². The molecule has 0 radical (unpaired) electrons. The van der Waals surface area contributed by atoms with Gasteiger partial charge in [0.15, 0.2) is 0 Å². The number of hydrogen-bond donors (Lipinski definition) is 1. The van der Waals surface area contributed by atoms with E-state index < -0.39 is 0 Å². The molecule has 0 aliphatic carbocycles. The summed E-state index contributed by atoms with van der Waals surface area (Å²) in [5.74, 6) is 1.48. The van der Waals surface area contributed by atoms with Gasteiger partial charge in [-0.25, -0.2) is 0 Å². The minimum atomic E-state index is 0.542. The van der Waals surface area contributed by atoms with Crippen LogP contribution in [0.3, 0.4) is 0 Å². The maximum absolute atomic E-state index is 5.81. The van der Waals surface area contributed by atoms with E-state index in [1.165, 1.54) is 11.1 Å². The lowest BCUT2D eigenvalue weighted by Gasteiger charge is -2.11. The van der Waals surface area contributed by atoms with Gasteiger partial charge in [0.05, 0.1) is 13.2 Å². The van der Waals surface area contributed by atoms with Crippen LogP contribution in [0.4, 0.5) is 0 Å². The first-order valence-electron chi connectivity index (χ1n) is 7.79. The van der Waals surface area contributed by atoms with Gasteiger partial charge in [-0.2, -0.15) is 0 Å². The summed E-state index contributed by atoms with van der Waals surface area (Å²) in [6.07, 6.45) is 4.78. The van der Waals surface area contributed by atoms with Gasteiger partial charge < -0.3 is 14.8 Å². The van der Waals surface area contributed by atoms with Crippen molar-refractivity contribution < 1.29 is 9.47 Å². The number of ether oxygens (including phenoxy) is 2. The summed E-state index contributed by atoms with van der Waals surface area (Å²) in [5.41, 5.74) is 2.45. The predicted octanol–water partition coefficient (Wildman–Crippen LogP) is 2.79. The highest BCUT2D eigenvalue weighted by molar-refractivity contribution is 5.27. The number of nitrogens with zero attached hydrogens (tertiary/aromatic N) is 1. The van der Waals surface area contributed by atoms with Gasteiger partial charge in [-0.1, -0.05) is 18.2 Å². The molecule has 0 spiro atoms. The van der Waals surface area contributed by atoms with Crippen molar-refractivity contribution in [3.63, 3.8) is 0 Å². The summed E-state index contributed by atoms with van der Waals surface area (Å²) in [4.78, 5) is 4.11. The smallest absolute Gasteiger partial charge is 0.119 e. The molecule has 1 fully saturated rings. The van der Waals surface area contributed by atoms with Crippen LogP contribution in [-0.2, 0) is 17.8 Å². The Kier molecular flexibility index (Phi) is 5.40. The van der Waals surface area contributed by atoms with Crippen LogP contribution in [0, 0.1) is 5.92 Å². The second-order valence-corrected chi connectivity index (χ2v) is 5.65. The molecule has 0 bridgehead atoms. The second-order valence-electron chi connectivity index (χ2n) is 5.65. The average Bonchev–Trinajstić information content (AvgIpc) is 3.09. The minimum absolute atomic E-state index is 0.542. The van der Waals surface area contributed by atoms with E-state index in [4.69, 9.17) is 9.47 Å². The monoisotopic (exact) mass is 298 g/mol. The van der Waals surface area contributed by atoms with Crippen molar-refractivity contribution in [3.8, 4) is 5.75 Å². The van der Waals surface area contributed by atoms with E-state index in [0.29, 0.717) is 5.92 Å². The minimum Gasteiger partial charge on any atom is -0.493 e. The summed E-state index contributed by atoms with van der Waals surface area (Å²) in [7, 11) is 0. The Labute approximate surface area is 131 Å². The maximum atomic E-state index is 5.81. The van der Waals surface area contributed by atoms with Crippen LogP contribution in [0.5, 0.6) is 5.75 Å². The third-order valence-corrected chi connectivity index (χ3v) is 3.81. The highest BCUT2D eigenvalue weighted by Crippen LogP contribution is 2.17. The van der Waals surface area contributed by atoms with Crippen LogP contribution in [0.15, 0.2) is 48.8 Å². The molecule has 4 nitrogen and oxygen atoms in total. The van der Waals surface area contributed by atoms with Crippen LogP contribution in [0.1, 0.15) is 17.5 Å². The van der Waals surface area contributed by atoms with Gasteiger partial charge >= 0.3 is 0 Å². The lowest BCUT2D eigenvalue weighted by atomic mass is 10.1. The molecule has 2 heterocycles. The zero-order chi connectivity index (χ0) is 15.0. The number of rotatable bonds is 7. The van der Waals surface area contributed by atoms with Crippen LogP contribution >= 0.6 is 0 Å². The molecule has 1 N–H and O–H groups in total. The van der Waals surface area contributed by atoms with E-state index in [0.717, 1.165) is 45.1 Å². The van der Waals surface area contributed by atoms with Crippen molar-refractivity contribution in [2.75, 3.05) is 19.8 Å². The van der Waals surface area contributed by atoms with Crippen molar-refractivity contribution in [1.82, 2.24) is 10.3 Å². The van der Waals surface area contributed by atoms with Crippen molar-refractivity contribution in [2.45, 2.75) is 19.5 Å². The third kappa shape index (κ3) is 4.55. The summed E-state index contributed by atoms with van der Waals surface area (Å²) in [6, 6.07) is 12.3. The molecule has 1 atom stereocenters. The second kappa shape index (κ2) is 7.92. The molecule has 1 aromatic carbocycles. The number of nitrogens with one attached hydrogen (secondary N) is 1. The molecule has 1 aromatic heterocycles. The first-order valence-corrected chi connectivity index (χ1v) is 7.79. The van der Waals surface area contributed by atoms with Gasteiger partial charge in [0.2, 0.25) is 0 Å². The fraction of sp³-hybridized carbons (Fsp3) is 0.389. The molecule has 3 rings (SSSR count). The zero-order valence-electron chi connectivity index (χ0n) is 12.7. The molecule has 1 aliphatic rings. The van der Waals surface area contributed by atoms with Crippen molar-refractivity contribution in [1.29, 1.82) is 0 Å². The predicted molar refractivity (Wildman–Crippen MR) is 85.6 cm³/mol. The lowest BCUT2D eigenvalue weighted by Crippen LogP contribution is -2.13. The van der Waals surface area contributed by atoms with Gasteiger partial charge in [-0.05, 0) is 35.7 Å². The highest BCUT2D eigenvalue weighted by atomic mass is 16.5. The normalized spacial score (nSPS) is 17.5. The van der Waals surface area contributed by atoms with Gasteiger partial charge in [-0.15, -0.1) is 0 Å². The SMILES string of the molecule is c1cncc(CNCc2ccc(OCC3CCOC3)cc2)c1. The van der Waals surface area contributed by atoms with Crippen molar-refractivity contribution in [3.05, 3.63) is 59.9 Å². The Morgan fingerprint density at radius 1 is 1.14 bits per heavy atom. The maximum Gasteiger partial charge on any atom is 0.119 e.